The number of carbonyl (C=O) groups excluding carboxylic acids is 2. The van der Waals surface area contributed by atoms with E-state index in [1.54, 1.807) is 6.92 Å². The molecule has 1 rings (SSSR count). The van der Waals surface area contributed by atoms with Crippen molar-refractivity contribution in [2.75, 3.05) is 13.7 Å². The van der Waals surface area contributed by atoms with Crippen molar-refractivity contribution in [1.82, 2.24) is 0 Å². The molecule has 23 heavy (non-hydrogen) atoms. The molecule has 0 saturated carbocycles. The Balaban J connectivity index is 2.34. The molecule has 1 aliphatic carbocycles. The van der Waals surface area contributed by atoms with Gasteiger partial charge in [0.25, 0.3) is 0 Å². The van der Waals surface area contributed by atoms with E-state index in [-0.39, 0.29) is 12.4 Å². The topological polar surface area (TPSA) is 83.8 Å². The molecule has 0 amide bonds. The summed E-state index contributed by atoms with van der Waals surface area (Å²) in [5.74, 6) is -1.70. The lowest BCUT2D eigenvalue weighted by Crippen LogP contribution is -2.24. The molecule has 0 radical (unpaired) electrons. The summed E-state index contributed by atoms with van der Waals surface area (Å²) in [6.45, 7) is 1.88. The van der Waals surface area contributed by atoms with Crippen LogP contribution in [-0.4, -0.2) is 35.5 Å². The van der Waals surface area contributed by atoms with Gasteiger partial charge in [0, 0.05) is 17.8 Å². The first-order valence-corrected chi connectivity index (χ1v) is 8.41. The highest BCUT2D eigenvalue weighted by atomic mass is 16.5. The van der Waals surface area contributed by atoms with Crippen LogP contribution in [0.1, 0.15) is 64.7 Å². The molecule has 1 aliphatic rings. The molecular weight excluding hydrogens is 296 g/mol. The fourth-order valence-corrected chi connectivity index (χ4v) is 2.80. The molecule has 0 atom stereocenters. The third-order valence-electron chi connectivity index (χ3n) is 4.24. The second-order valence-electron chi connectivity index (χ2n) is 5.95. The van der Waals surface area contributed by atoms with Gasteiger partial charge in [-0.05, 0) is 26.2 Å². The molecule has 0 fully saturated rings. The van der Waals surface area contributed by atoms with Crippen LogP contribution < -0.4 is 0 Å². The molecule has 5 nitrogen and oxygen atoms in total. The smallest absolute Gasteiger partial charge is 0.227 e. The highest BCUT2D eigenvalue weighted by Gasteiger charge is 2.32. The van der Waals surface area contributed by atoms with Crippen molar-refractivity contribution in [2.24, 2.45) is 0 Å². The van der Waals surface area contributed by atoms with Gasteiger partial charge in [-0.3, -0.25) is 9.59 Å². The Morgan fingerprint density at radius 1 is 0.870 bits per heavy atom. The summed E-state index contributed by atoms with van der Waals surface area (Å²) in [6.07, 6.45) is 8.86. The van der Waals surface area contributed by atoms with Crippen LogP contribution in [-0.2, 0) is 14.3 Å². The number of aliphatic hydroxyl groups is 2. The van der Waals surface area contributed by atoms with Crippen LogP contribution in [0.2, 0.25) is 0 Å². The third kappa shape index (κ3) is 5.50. The number of ketones is 2. The monoisotopic (exact) mass is 324 g/mol. The second kappa shape index (κ2) is 10.2. The van der Waals surface area contributed by atoms with Crippen molar-refractivity contribution >= 4 is 11.6 Å². The number of methoxy groups -OCH3 is 1. The number of hydrogen-bond donors (Lipinski definition) is 2. The van der Waals surface area contributed by atoms with Gasteiger partial charge in [0.15, 0.2) is 0 Å². The number of hydrogen-bond acceptors (Lipinski definition) is 5. The van der Waals surface area contributed by atoms with Gasteiger partial charge < -0.3 is 14.9 Å². The van der Waals surface area contributed by atoms with Crippen LogP contribution in [0.5, 0.6) is 0 Å². The summed E-state index contributed by atoms with van der Waals surface area (Å²) in [7, 11) is 1.27. The molecule has 0 saturated heterocycles. The number of unbranched alkanes of at least 4 members (excludes halogenated alkanes) is 7. The van der Waals surface area contributed by atoms with Gasteiger partial charge >= 0.3 is 0 Å². The fourth-order valence-electron chi connectivity index (χ4n) is 2.80. The van der Waals surface area contributed by atoms with Gasteiger partial charge in [-0.1, -0.05) is 38.5 Å². The minimum absolute atomic E-state index is 0.251. The number of allylic oxidation sites excluding steroid dienone is 2. The van der Waals surface area contributed by atoms with Crippen molar-refractivity contribution in [1.29, 1.82) is 0 Å². The van der Waals surface area contributed by atoms with E-state index in [2.05, 4.69) is 0 Å². The summed E-state index contributed by atoms with van der Waals surface area (Å²) in [5.41, 5.74) is 0.796. The minimum atomic E-state index is -0.568. The summed E-state index contributed by atoms with van der Waals surface area (Å²) >= 11 is 0. The second-order valence-corrected chi connectivity index (χ2v) is 5.95. The first-order chi connectivity index (χ1) is 11.0. The maximum Gasteiger partial charge on any atom is 0.227 e. The quantitative estimate of drug-likeness (QED) is 0.450. The molecule has 5 heteroatoms. The Bertz CT molecular complexity index is 488. The molecular formula is C18H28O5. The predicted molar refractivity (Wildman–Crippen MR) is 88.0 cm³/mol. The lowest BCUT2D eigenvalue weighted by molar-refractivity contribution is -0.120. The van der Waals surface area contributed by atoms with E-state index >= 15 is 0 Å². The molecule has 0 aromatic carbocycles. The molecule has 130 valence electrons. The Kier molecular flexibility index (Phi) is 8.62. The Hall–Kier alpha value is -1.62. The van der Waals surface area contributed by atoms with Gasteiger partial charge in [-0.2, -0.15) is 0 Å². The Morgan fingerprint density at radius 3 is 1.91 bits per heavy atom. The average Bonchev–Trinajstić information content (AvgIpc) is 2.55. The van der Waals surface area contributed by atoms with Crippen LogP contribution in [0.15, 0.2) is 22.7 Å². The van der Waals surface area contributed by atoms with E-state index in [0.29, 0.717) is 17.6 Å². The molecule has 0 bridgehead atoms. The lowest BCUT2D eigenvalue weighted by Gasteiger charge is -2.18. The highest BCUT2D eigenvalue weighted by molar-refractivity contribution is 6.23. The van der Waals surface area contributed by atoms with Gasteiger partial charge in [0.05, 0.1) is 7.11 Å². The first kappa shape index (κ1) is 19.4. The first-order valence-electron chi connectivity index (χ1n) is 8.41. The summed E-state index contributed by atoms with van der Waals surface area (Å²) < 4.78 is 4.81. The maximum atomic E-state index is 12.1. The zero-order chi connectivity index (χ0) is 17.2. The molecule has 2 N–H and O–H groups in total. The van der Waals surface area contributed by atoms with Gasteiger partial charge in [0.2, 0.25) is 23.1 Å². The third-order valence-corrected chi connectivity index (χ3v) is 4.24. The normalized spacial score (nSPS) is 15.6. The number of carbonyl (C=O) groups is 2. The van der Waals surface area contributed by atoms with E-state index < -0.39 is 17.3 Å². The van der Waals surface area contributed by atoms with Gasteiger partial charge in [0.1, 0.15) is 0 Å². The van der Waals surface area contributed by atoms with Gasteiger partial charge in [-0.15, -0.1) is 0 Å². The van der Waals surface area contributed by atoms with E-state index in [0.717, 1.165) is 44.9 Å². The Morgan fingerprint density at radius 2 is 1.39 bits per heavy atom. The van der Waals surface area contributed by atoms with Crippen LogP contribution >= 0.6 is 0 Å². The Labute approximate surface area is 138 Å². The van der Waals surface area contributed by atoms with Crippen molar-refractivity contribution in [3.05, 3.63) is 22.7 Å². The zero-order valence-corrected chi connectivity index (χ0v) is 14.2. The predicted octanol–water partition coefficient (Wildman–Crippen LogP) is 3.37. The zero-order valence-electron chi connectivity index (χ0n) is 14.2. The minimum Gasteiger partial charge on any atom is -0.501 e. The molecule has 0 heterocycles. The number of ether oxygens (including phenoxy) is 1. The average molecular weight is 324 g/mol. The maximum absolute atomic E-state index is 12.1. The lowest BCUT2D eigenvalue weighted by atomic mass is 9.89. The van der Waals surface area contributed by atoms with E-state index in [1.807, 2.05) is 0 Å². The largest absolute Gasteiger partial charge is 0.501 e. The van der Waals surface area contributed by atoms with E-state index in [4.69, 9.17) is 9.84 Å². The van der Waals surface area contributed by atoms with Crippen LogP contribution in [0.3, 0.4) is 0 Å². The number of Topliss-reactive ketones (excluding diaryl/α,β-unsaturated/α-hetero) is 2. The van der Waals surface area contributed by atoms with E-state index in [1.165, 1.54) is 13.5 Å². The summed E-state index contributed by atoms with van der Waals surface area (Å²) in [5, 5.41) is 18.5. The van der Waals surface area contributed by atoms with Crippen LogP contribution in [0.25, 0.3) is 0 Å². The van der Waals surface area contributed by atoms with E-state index in [9.17, 15) is 14.7 Å². The molecule has 0 aromatic rings. The molecule has 0 aromatic heterocycles. The molecule has 0 aliphatic heterocycles. The van der Waals surface area contributed by atoms with Crippen molar-refractivity contribution in [2.45, 2.75) is 64.7 Å². The summed E-state index contributed by atoms with van der Waals surface area (Å²) in [6, 6.07) is 0. The van der Waals surface area contributed by atoms with Gasteiger partial charge in [-0.25, -0.2) is 0 Å². The van der Waals surface area contributed by atoms with Crippen LogP contribution in [0, 0.1) is 0 Å². The van der Waals surface area contributed by atoms with Crippen LogP contribution in [0.4, 0.5) is 0 Å². The molecule has 0 unspecified atom stereocenters. The number of aliphatic hydroxyl groups excluding tert-OH is 2. The molecule has 0 spiro atoms. The SMILES string of the molecule is COC1=C(O)C(=O)C(CCCCCCCCCCO)=C(C)C1=O. The summed E-state index contributed by atoms with van der Waals surface area (Å²) in [4.78, 5) is 24.1. The van der Waals surface area contributed by atoms with Crippen molar-refractivity contribution in [3.8, 4) is 0 Å². The number of rotatable bonds is 11. The van der Waals surface area contributed by atoms with Crippen molar-refractivity contribution in [3.63, 3.8) is 0 Å². The standard InChI is InChI=1S/C18H28O5/c1-13-14(16(21)17(22)18(23-2)15(13)20)11-9-7-5-3-4-6-8-10-12-19/h19,22H,3-12H2,1-2H3. The van der Waals surface area contributed by atoms with Crippen molar-refractivity contribution < 1.29 is 24.5 Å². The fraction of sp³-hybridized carbons (Fsp3) is 0.667. The highest BCUT2D eigenvalue weighted by Crippen LogP contribution is 2.27.